The molecule has 1 aliphatic carbocycles. The number of benzene rings is 3. The fourth-order valence-corrected chi connectivity index (χ4v) is 8.00. The average molecular weight is 797 g/mol. The van der Waals surface area contributed by atoms with Crippen LogP contribution in [0.2, 0.25) is 0 Å². The van der Waals surface area contributed by atoms with E-state index in [0.717, 1.165) is 22.3 Å². The molecule has 6 rings (SSSR count). The highest BCUT2D eigenvalue weighted by Crippen LogP contribution is 2.46. The van der Waals surface area contributed by atoms with Crippen molar-refractivity contribution < 1.29 is 33.4 Å². The first-order chi connectivity index (χ1) is 25.4. The van der Waals surface area contributed by atoms with Crippen molar-refractivity contribution >= 4 is 58.7 Å². The molecule has 3 aromatic carbocycles. The van der Waals surface area contributed by atoms with E-state index in [9.17, 15) is 14.4 Å². The quantitative estimate of drug-likeness (QED) is 0.222. The summed E-state index contributed by atoms with van der Waals surface area (Å²) in [5.74, 6) is -2.03. The SMILES string of the molecule is CC(C)(C)OC(=O)N1[C@@H](Cc2ccccc2)[C@H](C[C@]2(Cc3ccccc3)NC=C([C@H]3c4ccccc4C[C@H]3OC(=O)NC(=O)C(Cl)(Cl)Cl)C2=O)OC1(C)C. The number of alkyl halides is 3. The lowest BCUT2D eigenvalue weighted by Crippen LogP contribution is -2.54. The number of amides is 3. The van der Waals surface area contributed by atoms with Gasteiger partial charge >= 0.3 is 12.2 Å². The number of halogens is 3. The number of hydrogen-bond donors (Lipinski definition) is 2. The molecule has 13 heteroatoms. The van der Waals surface area contributed by atoms with Gasteiger partial charge in [-0.2, -0.15) is 0 Å². The van der Waals surface area contributed by atoms with Gasteiger partial charge in [-0.3, -0.25) is 19.8 Å². The Morgan fingerprint density at radius 3 is 2.17 bits per heavy atom. The minimum Gasteiger partial charge on any atom is -0.445 e. The van der Waals surface area contributed by atoms with Crippen molar-refractivity contribution in [2.45, 2.75) is 105 Å². The number of nitrogens with zero attached hydrogens (tertiary/aromatic N) is 1. The van der Waals surface area contributed by atoms with Gasteiger partial charge in [-0.15, -0.1) is 0 Å². The summed E-state index contributed by atoms with van der Waals surface area (Å²) in [6.45, 7) is 9.14. The summed E-state index contributed by atoms with van der Waals surface area (Å²) in [5.41, 5.74) is 0.986. The van der Waals surface area contributed by atoms with E-state index in [2.05, 4.69) is 5.32 Å². The Balaban J connectivity index is 1.36. The second-order valence-corrected chi connectivity index (χ2v) is 17.8. The predicted octanol–water partition coefficient (Wildman–Crippen LogP) is 7.73. The molecule has 1 saturated heterocycles. The summed E-state index contributed by atoms with van der Waals surface area (Å²) < 4.78 is 16.1. The van der Waals surface area contributed by atoms with Crippen molar-refractivity contribution in [1.29, 1.82) is 0 Å². The molecule has 0 spiro atoms. The third kappa shape index (κ3) is 8.57. The molecular weight excluding hydrogens is 753 g/mol. The molecule has 3 amide bonds. The standard InChI is InChI=1S/C41H44Cl3N3O7/c1-38(2,3)54-37(51)47-30(20-25-14-8-6-9-15-25)32(53-39(47,4)5)23-40(22-26-16-10-7-11-17-26)34(48)29(24-45-40)33-28-19-13-12-18-27(28)21-31(33)52-36(50)46-35(49)41(42,43)44/h6-19,24,30-33,45H,20-23H2,1-5H3,(H,46,49,50)/t30-,31+,32-,33+,40-/m0/s1. The van der Waals surface area contributed by atoms with Gasteiger partial charge in [-0.25, -0.2) is 9.59 Å². The molecule has 2 heterocycles. The zero-order valence-electron chi connectivity index (χ0n) is 30.7. The number of Topliss-reactive ketones (excluding diaryl/α,β-unsaturated/α-hetero) is 1. The van der Waals surface area contributed by atoms with Crippen LogP contribution in [0, 0.1) is 0 Å². The number of carbonyl (C=O) groups is 4. The molecule has 0 aromatic heterocycles. The largest absolute Gasteiger partial charge is 0.445 e. The van der Waals surface area contributed by atoms with Gasteiger partial charge in [-0.1, -0.05) is 120 Å². The molecule has 3 aliphatic rings. The van der Waals surface area contributed by atoms with Gasteiger partial charge in [0, 0.05) is 31.0 Å². The maximum atomic E-state index is 15.2. The van der Waals surface area contributed by atoms with Crippen LogP contribution >= 0.6 is 34.8 Å². The van der Waals surface area contributed by atoms with Gasteiger partial charge in [0.15, 0.2) is 5.78 Å². The van der Waals surface area contributed by atoms with E-state index >= 15 is 4.79 Å². The molecule has 54 heavy (non-hydrogen) atoms. The van der Waals surface area contributed by atoms with Gasteiger partial charge < -0.3 is 19.5 Å². The van der Waals surface area contributed by atoms with Crippen molar-refractivity contribution in [3.8, 4) is 0 Å². The summed E-state index contributed by atoms with van der Waals surface area (Å²) in [5, 5.41) is 5.46. The Hall–Kier alpha value is -4.09. The van der Waals surface area contributed by atoms with E-state index in [0.29, 0.717) is 18.4 Å². The van der Waals surface area contributed by atoms with Crippen LogP contribution in [0.4, 0.5) is 9.59 Å². The predicted molar refractivity (Wildman–Crippen MR) is 206 cm³/mol. The van der Waals surface area contributed by atoms with Crippen LogP contribution in [0.15, 0.2) is 96.7 Å². The van der Waals surface area contributed by atoms with Crippen LogP contribution in [-0.4, -0.2) is 67.7 Å². The molecule has 2 aliphatic heterocycles. The molecule has 286 valence electrons. The number of ether oxygens (including phenoxy) is 3. The highest BCUT2D eigenvalue weighted by Gasteiger charge is 2.57. The van der Waals surface area contributed by atoms with Gasteiger partial charge in [-0.05, 0) is 63.3 Å². The molecule has 3 aromatic rings. The van der Waals surface area contributed by atoms with Crippen molar-refractivity contribution in [1.82, 2.24) is 15.5 Å². The number of hydrogen-bond acceptors (Lipinski definition) is 8. The van der Waals surface area contributed by atoms with Crippen LogP contribution in [0.25, 0.3) is 0 Å². The number of nitrogens with one attached hydrogen (secondary N) is 2. The zero-order chi connectivity index (χ0) is 39.1. The van der Waals surface area contributed by atoms with E-state index in [1.165, 1.54) is 0 Å². The lowest BCUT2D eigenvalue weighted by Gasteiger charge is -2.36. The fourth-order valence-electron chi connectivity index (χ4n) is 7.86. The number of alkyl carbamates (subject to hydrolysis) is 1. The van der Waals surface area contributed by atoms with Crippen LogP contribution < -0.4 is 10.6 Å². The third-order valence-corrected chi connectivity index (χ3v) is 10.5. The summed E-state index contributed by atoms with van der Waals surface area (Å²) in [6, 6.07) is 26.6. The minimum atomic E-state index is -2.38. The van der Waals surface area contributed by atoms with E-state index in [1.807, 2.05) is 125 Å². The number of ketones is 1. The van der Waals surface area contributed by atoms with E-state index < -0.39 is 62.9 Å². The second-order valence-electron chi connectivity index (χ2n) is 15.5. The van der Waals surface area contributed by atoms with Crippen LogP contribution in [-0.2, 0) is 43.1 Å². The topological polar surface area (TPSA) is 123 Å². The Kier molecular flexibility index (Phi) is 11.2. The Bertz CT molecular complexity index is 1930. The third-order valence-electron chi connectivity index (χ3n) is 10.0. The highest BCUT2D eigenvalue weighted by molar-refractivity contribution is 6.76. The Morgan fingerprint density at radius 1 is 0.926 bits per heavy atom. The van der Waals surface area contributed by atoms with Crippen LogP contribution in [0.1, 0.15) is 69.2 Å². The van der Waals surface area contributed by atoms with Gasteiger partial charge in [0.25, 0.3) is 9.70 Å². The second kappa shape index (κ2) is 15.2. The summed E-state index contributed by atoms with van der Waals surface area (Å²) in [4.78, 5) is 56.1. The summed E-state index contributed by atoms with van der Waals surface area (Å²) in [6.07, 6.45) is -0.129. The number of fused-ring (bicyclic) bond motifs is 1. The van der Waals surface area contributed by atoms with Crippen molar-refractivity contribution in [2.75, 3.05) is 0 Å². The smallest absolute Gasteiger partial charge is 0.414 e. The van der Waals surface area contributed by atoms with E-state index in [-0.39, 0.29) is 18.6 Å². The van der Waals surface area contributed by atoms with Gasteiger partial charge in [0.05, 0.1) is 18.1 Å². The monoisotopic (exact) mass is 795 g/mol. The van der Waals surface area contributed by atoms with Crippen molar-refractivity contribution in [3.05, 3.63) is 119 Å². The average Bonchev–Trinajstić information content (AvgIpc) is 3.67. The fraction of sp³-hybridized carbons (Fsp3) is 0.415. The first kappa shape index (κ1) is 39.6. The summed E-state index contributed by atoms with van der Waals surface area (Å²) in [7, 11) is 0. The first-order valence-electron chi connectivity index (χ1n) is 17.8. The molecule has 0 radical (unpaired) electrons. The number of imide groups is 1. The van der Waals surface area contributed by atoms with Crippen molar-refractivity contribution in [3.63, 3.8) is 0 Å². The normalized spacial score (nSPS) is 24.7. The Morgan fingerprint density at radius 2 is 1.54 bits per heavy atom. The highest BCUT2D eigenvalue weighted by atomic mass is 35.6. The molecule has 0 saturated carbocycles. The van der Waals surface area contributed by atoms with Gasteiger partial charge in [0.1, 0.15) is 23.0 Å². The molecule has 0 bridgehead atoms. The number of carbonyl (C=O) groups excluding carboxylic acids is 4. The van der Waals surface area contributed by atoms with Crippen LogP contribution in [0.5, 0.6) is 0 Å². The Labute approximate surface area is 330 Å². The zero-order valence-corrected chi connectivity index (χ0v) is 33.0. The van der Waals surface area contributed by atoms with Crippen LogP contribution in [0.3, 0.4) is 0 Å². The molecular formula is C41H44Cl3N3O7. The molecule has 5 atom stereocenters. The first-order valence-corrected chi connectivity index (χ1v) is 19.0. The lowest BCUT2D eigenvalue weighted by molar-refractivity contribution is -0.124. The van der Waals surface area contributed by atoms with Gasteiger partial charge in [0.2, 0.25) is 0 Å². The molecule has 1 fully saturated rings. The lowest BCUT2D eigenvalue weighted by atomic mass is 9.76. The van der Waals surface area contributed by atoms with E-state index in [1.54, 1.807) is 11.1 Å². The maximum absolute atomic E-state index is 15.2. The maximum Gasteiger partial charge on any atom is 0.414 e. The van der Waals surface area contributed by atoms with E-state index in [4.69, 9.17) is 49.0 Å². The molecule has 0 unspecified atom stereocenters. The number of rotatable bonds is 8. The summed E-state index contributed by atoms with van der Waals surface area (Å²) >= 11 is 17.0. The molecule has 10 nitrogen and oxygen atoms in total. The van der Waals surface area contributed by atoms with Crippen molar-refractivity contribution in [2.24, 2.45) is 0 Å². The minimum absolute atomic E-state index is 0.194. The molecule has 2 N–H and O–H groups in total.